The topological polar surface area (TPSA) is 87.7 Å². The third-order valence-corrected chi connectivity index (χ3v) is 7.20. The van der Waals surface area contributed by atoms with E-state index in [1.54, 1.807) is 11.3 Å². The lowest BCUT2D eigenvalue weighted by atomic mass is 10.0. The van der Waals surface area contributed by atoms with Gasteiger partial charge in [-0.05, 0) is 41.3 Å². The molecule has 4 rings (SSSR count). The molecule has 0 aliphatic carbocycles. The third-order valence-electron chi connectivity index (χ3n) is 5.40. The van der Waals surface area contributed by atoms with Crippen LogP contribution in [0.25, 0.3) is 0 Å². The van der Waals surface area contributed by atoms with Gasteiger partial charge < -0.3 is 20.3 Å². The molecule has 1 aliphatic rings. The summed E-state index contributed by atoms with van der Waals surface area (Å²) < 4.78 is 4.57. The Hall–Kier alpha value is -3.30. The molecule has 0 radical (unpaired) electrons. The maximum absolute atomic E-state index is 13.0. The van der Waals surface area contributed by atoms with Gasteiger partial charge in [-0.25, -0.2) is 0 Å². The minimum absolute atomic E-state index is 0.0135. The van der Waals surface area contributed by atoms with Gasteiger partial charge in [0.05, 0.1) is 30.0 Å². The van der Waals surface area contributed by atoms with Gasteiger partial charge in [-0.2, -0.15) is 0 Å². The van der Waals surface area contributed by atoms with Crippen LogP contribution in [0, 0.1) is 0 Å². The number of hydrogen-bond donors (Lipinski definition) is 2. The van der Waals surface area contributed by atoms with Crippen molar-refractivity contribution in [2.75, 3.05) is 34.1 Å². The van der Waals surface area contributed by atoms with Gasteiger partial charge in [0.2, 0.25) is 11.8 Å². The zero-order valence-corrected chi connectivity index (χ0v) is 20.3. The first-order valence-corrected chi connectivity index (χ1v) is 12.8. The van der Waals surface area contributed by atoms with E-state index in [2.05, 4.69) is 26.3 Å². The SMILES string of the molecule is COC(=O)CSCC(=O)Nc1ccc(CN2c3ccccc3NC(=O)[C@@H]2Cc2cccs2)cc1. The number of rotatable bonds is 9. The van der Waals surface area contributed by atoms with Gasteiger partial charge in [-0.3, -0.25) is 14.4 Å². The van der Waals surface area contributed by atoms with Crippen molar-refractivity contribution in [3.63, 3.8) is 0 Å². The van der Waals surface area contributed by atoms with E-state index in [0.29, 0.717) is 18.7 Å². The molecule has 1 atom stereocenters. The Morgan fingerprint density at radius 3 is 2.62 bits per heavy atom. The summed E-state index contributed by atoms with van der Waals surface area (Å²) in [6, 6.07) is 19.2. The predicted octanol–water partition coefficient (Wildman–Crippen LogP) is 4.16. The van der Waals surface area contributed by atoms with Crippen LogP contribution in [0.5, 0.6) is 0 Å². The van der Waals surface area contributed by atoms with Crippen molar-refractivity contribution in [3.8, 4) is 0 Å². The van der Waals surface area contributed by atoms with Crippen molar-refractivity contribution >= 4 is 57.9 Å². The second-order valence-electron chi connectivity index (χ2n) is 7.75. The Bertz CT molecular complexity index is 1150. The van der Waals surface area contributed by atoms with E-state index in [1.165, 1.54) is 18.9 Å². The lowest BCUT2D eigenvalue weighted by Gasteiger charge is -2.38. The fourth-order valence-electron chi connectivity index (χ4n) is 3.75. The first-order valence-electron chi connectivity index (χ1n) is 10.8. The lowest BCUT2D eigenvalue weighted by Crippen LogP contribution is -2.48. The number of thioether (sulfide) groups is 1. The van der Waals surface area contributed by atoms with E-state index >= 15 is 0 Å². The molecule has 34 heavy (non-hydrogen) atoms. The van der Waals surface area contributed by atoms with E-state index in [-0.39, 0.29) is 35.3 Å². The van der Waals surface area contributed by atoms with Crippen LogP contribution < -0.4 is 15.5 Å². The number of hydrogen-bond acceptors (Lipinski definition) is 7. The summed E-state index contributed by atoms with van der Waals surface area (Å²) >= 11 is 2.85. The highest BCUT2D eigenvalue weighted by atomic mass is 32.2. The van der Waals surface area contributed by atoms with Crippen molar-refractivity contribution in [1.29, 1.82) is 0 Å². The molecule has 0 saturated heterocycles. The van der Waals surface area contributed by atoms with E-state index in [4.69, 9.17) is 0 Å². The van der Waals surface area contributed by atoms with Crippen LogP contribution in [0.4, 0.5) is 17.1 Å². The molecule has 0 saturated carbocycles. The minimum atomic E-state index is -0.354. The summed E-state index contributed by atoms with van der Waals surface area (Å²) in [4.78, 5) is 39.6. The molecule has 1 aromatic heterocycles. The number of nitrogens with one attached hydrogen (secondary N) is 2. The van der Waals surface area contributed by atoms with E-state index in [1.807, 2.05) is 60.0 Å². The molecule has 7 nitrogen and oxygen atoms in total. The Kier molecular flexibility index (Phi) is 7.87. The Morgan fingerprint density at radius 2 is 1.88 bits per heavy atom. The molecule has 0 bridgehead atoms. The van der Waals surface area contributed by atoms with Gasteiger partial charge in [-0.15, -0.1) is 23.1 Å². The molecule has 2 heterocycles. The standard InChI is InChI=1S/C25H25N3O4S2/c1-32-24(30)16-33-15-23(29)26-18-10-8-17(9-11-18)14-28-21-7-3-2-6-20(21)27-25(31)22(28)13-19-5-4-12-34-19/h2-12,22H,13-16H2,1H3,(H,26,29)(H,27,31)/t22-/m0/s1. The molecule has 9 heteroatoms. The average molecular weight is 496 g/mol. The van der Waals surface area contributed by atoms with E-state index in [0.717, 1.165) is 21.8 Å². The van der Waals surface area contributed by atoms with E-state index in [9.17, 15) is 14.4 Å². The number of carbonyl (C=O) groups is 3. The van der Waals surface area contributed by atoms with Crippen LogP contribution in [-0.4, -0.2) is 42.4 Å². The molecular formula is C25H25N3O4S2. The second-order valence-corrected chi connectivity index (χ2v) is 9.77. The summed E-state index contributed by atoms with van der Waals surface area (Å²) in [5, 5.41) is 7.90. The van der Waals surface area contributed by atoms with Crippen molar-refractivity contribution in [2.24, 2.45) is 0 Å². The zero-order valence-electron chi connectivity index (χ0n) is 18.7. The normalized spacial score (nSPS) is 14.8. The number of benzene rings is 2. The van der Waals surface area contributed by atoms with Gasteiger partial charge in [0.1, 0.15) is 6.04 Å². The van der Waals surface area contributed by atoms with Crippen molar-refractivity contribution in [1.82, 2.24) is 0 Å². The van der Waals surface area contributed by atoms with Crippen LogP contribution in [-0.2, 0) is 32.1 Å². The molecule has 3 aromatic rings. The number of fused-ring (bicyclic) bond motifs is 1. The molecule has 0 fully saturated rings. The average Bonchev–Trinajstić information content (AvgIpc) is 3.35. The fraction of sp³-hybridized carbons (Fsp3) is 0.240. The summed E-state index contributed by atoms with van der Waals surface area (Å²) in [7, 11) is 1.32. The summed E-state index contributed by atoms with van der Waals surface area (Å²) in [6.07, 6.45) is 0.634. The van der Waals surface area contributed by atoms with Crippen LogP contribution in [0.3, 0.4) is 0 Å². The summed E-state index contributed by atoms with van der Waals surface area (Å²) in [6.45, 7) is 0.559. The van der Waals surface area contributed by atoms with Gasteiger partial charge >= 0.3 is 5.97 Å². The highest BCUT2D eigenvalue weighted by Gasteiger charge is 2.33. The summed E-state index contributed by atoms with van der Waals surface area (Å²) in [5.74, 6) is -0.242. The number of carbonyl (C=O) groups excluding carboxylic acids is 3. The molecule has 2 N–H and O–H groups in total. The van der Waals surface area contributed by atoms with Crippen molar-refractivity contribution in [3.05, 3.63) is 76.5 Å². The maximum atomic E-state index is 13.0. The fourth-order valence-corrected chi connectivity index (χ4v) is 5.13. The number of esters is 1. The number of amides is 2. The molecule has 1 aliphatic heterocycles. The van der Waals surface area contributed by atoms with Crippen molar-refractivity contribution < 1.29 is 19.1 Å². The molecule has 0 unspecified atom stereocenters. The van der Waals surface area contributed by atoms with Gasteiger partial charge in [0, 0.05) is 23.5 Å². The highest BCUT2D eigenvalue weighted by Crippen LogP contribution is 2.34. The molecule has 176 valence electrons. The Balaban J connectivity index is 1.44. The molecule has 0 spiro atoms. The maximum Gasteiger partial charge on any atom is 0.315 e. The minimum Gasteiger partial charge on any atom is -0.468 e. The van der Waals surface area contributed by atoms with Crippen LogP contribution >= 0.6 is 23.1 Å². The number of methoxy groups -OCH3 is 1. The number of nitrogens with zero attached hydrogens (tertiary/aromatic N) is 1. The van der Waals surface area contributed by atoms with Crippen molar-refractivity contribution in [2.45, 2.75) is 19.0 Å². The Morgan fingerprint density at radius 1 is 1.09 bits per heavy atom. The molecule has 2 amide bonds. The molecule has 2 aromatic carbocycles. The Labute approximate surface area is 206 Å². The monoisotopic (exact) mass is 495 g/mol. The van der Waals surface area contributed by atoms with E-state index < -0.39 is 0 Å². The van der Waals surface area contributed by atoms with Gasteiger partial charge in [0.15, 0.2) is 0 Å². The van der Waals surface area contributed by atoms with Crippen LogP contribution in [0.1, 0.15) is 10.4 Å². The lowest BCUT2D eigenvalue weighted by molar-refractivity contribution is -0.137. The number of para-hydroxylation sites is 2. The van der Waals surface area contributed by atoms with Gasteiger partial charge in [-0.1, -0.05) is 30.3 Å². The number of thiophene rings is 1. The summed E-state index contributed by atoms with van der Waals surface area (Å²) in [5.41, 5.74) is 3.50. The van der Waals surface area contributed by atoms with Crippen LogP contribution in [0.15, 0.2) is 66.0 Å². The highest BCUT2D eigenvalue weighted by molar-refractivity contribution is 8.00. The van der Waals surface area contributed by atoms with Gasteiger partial charge in [0.25, 0.3) is 0 Å². The second kappa shape index (κ2) is 11.2. The largest absolute Gasteiger partial charge is 0.468 e. The quantitative estimate of drug-likeness (QED) is 0.434. The zero-order chi connectivity index (χ0) is 23.9. The first kappa shape index (κ1) is 23.8. The smallest absolute Gasteiger partial charge is 0.315 e. The molecular weight excluding hydrogens is 470 g/mol. The first-order chi connectivity index (χ1) is 16.5. The third kappa shape index (κ3) is 5.98. The number of ether oxygens (including phenoxy) is 1. The predicted molar refractivity (Wildman–Crippen MR) is 137 cm³/mol. The number of anilines is 3. The van der Waals surface area contributed by atoms with Crippen LogP contribution in [0.2, 0.25) is 0 Å².